The molecular weight excluding hydrogens is 637 g/mol. The molecule has 6 rings (SSSR count). The summed E-state index contributed by atoms with van der Waals surface area (Å²) < 4.78 is 0. The Morgan fingerprint density at radius 3 is 1.04 bits per heavy atom. The largest absolute Gasteiger partial charge is 0.0776 e. The van der Waals surface area contributed by atoms with Gasteiger partial charge in [0.2, 0.25) is 0 Å². The molecule has 53 heavy (non-hydrogen) atoms. The van der Waals surface area contributed by atoms with Crippen molar-refractivity contribution in [2.45, 2.75) is 141 Å². The normalized spacial score (nSPS) is 10.8. The molecule has 0 atom stereocenters. The van der Waals surface area contributed by atoms with Gasteiger partial charge in [0.25, 0.3) is 0 Å². The van der Waals surface area contributed by atoms with Crippen LogP contribution in [-0.2, 0) is 21.7 Å². The van der Waals surface area contributed by atoms with E-state index in [1.54, 1.807) is 0 Å². The Hall–Kier alpha value is -4.16. The molecule has 0 bridgehead atoms. The second-order valence-electron chi connectivity index (χ2n) is 16.8. The third-order valence-corrected chi connectivity index (χ3v) is 8.49. The van der Waals surface area contributed by atoms with E-state index in [9.17, 15) is 0 Å². The fraction of sp³-hybridized carbons (Fsp3) is 0.396. The predicted octanol–water partition coefficient (Wildman–Crippen LogP) is 17.2. The number of fused-ring (bicyclic) bond motifs is 2. The van der Waals surface area contributed by atoms with Crippen LogP contribution < -0.4 is 0 Å². The van der Waals surface area contributed by atoms with Crippen LogP contribution in [0.5, 0.6) is 0 Å². The fourth-order valence-corrected chi connectivity index (χ4v) is 5.41. The lowest BCUT2D eigenvalue weighted by Gasteiger charge is -2.21. The Labute approximate surface area is 329 Å². The van der Waals surface area contributed by atoms with Gasteiger partial charge in [-0.2, -0.15) is 0 Å². The summed E-state index contributed by atoms with van der Waals surface area (Å²) in [7, 11) is 0. The third kappa shape index (κ3) is 17.0. The van der Waals surface area contributed by atoms with Crippen LogP contribution in [-0.4, -0.2) is 0 Å². The summed E-state index contributed by atoms with van der Waals surface area (Å²) in [5.74, 6) is 0. The third-order valence-electron chi connectivity index (χ3n) is 8.49. The number of benzene rings is 6. The van der Waals surface area contributed by atoms with E-state index >= 15 is 0 Å². The standard InChI is InChI=1S/2C14H16.2C10H14.C2H6.3CH4/c1-14(2,3)13-10-6-8-11-7-4-5-9-12(11)13;1-14(2,3)13-9-8-11-6-4-5-7-12(11)10-13;2*1-10(2,3)9-7-5-4-6-8-9;1-2;;;/h2*4-10H,1-3H3;2*4-8H,1-3H3;1-2H3;3*1H4. The second kappa shape index (κ2) is 22.8. The van der Waals surface area contributed by atoms with E-state index in [4.69, 9.17) is 0 Å². The average Bonchev–Trinajstić information content (AvgIpc) is 3.09. The van der Waals surface area contributed by atoms with Crippen molar-refractivity contribution < 1.29 is 0 Å². The topological polar surface area (TPSA) is 0 Å². The van der Waals surface area contributed by atoms with Gasteiger partial charge >= 0.3 is 0 Å². The molecule has 290 valence electrons. The van der Waals surface area contributed by atoms with Crippen molar-refractivity contribution in [2.24, 2.45) is 0 Å². The molecule has 0 fully saturated rings. The minimum absolute atomic E-state index is 0. The Bertz CT molecular complexity index is 1750. The first-order chi connectivity index (χ1) is 23.4. The predicted molar refractivity (Wildman–Crippen MR) is 247 cm³/mol. The molecule has 6 aromatic rings. The summed E-state index contributed by atoms with van der Waals surface area (Å²) in [5, 5.41) is 5.36. The van der Waals surface area contributed by atoms with E-state index in [-0.39, 0.29) is 33.1 Å². The van der Waals surface area contributed by atoms with Crippen molar-refractivity contribution in [1.82, 2.24) is 0 Å². The maximum absolute atomic E-state index is 2.29. The number of hydrogen-bond donors (Lipinski definition) is 0. The van der Waals surface area contributed by atoms with E-state index in [1.165, 1.54) is 43.8 Å². The number of hydrogen-bond acceptors (Lipinski definition) is 0. The smallest absolute Gasteiger partial charge is 0.0126 e. The van der Waals surface area contributed by atoms with E-state index in [0.29, 0.717) is 10.8 Å². The van der Waals surface area contributed by atoms with Crippen LogP contribution in [0.2, 0.25) is 0 Å². The molecule has 0 unspecified atom stereocenters. The van der Waals surface area contributed by atoms with Gasteiger partial charge in [-0.25, -0.2) is 0 Å². The van der Waals surface area contributed by atoms with Gasteiger partial charge in [-0.1, -0.05) is 265 Å². The minimum Gasteiger partial charge on any atom is -0.0776 e. The maximum Gasteiger partial charge on any atom is -0.0126 e. The molecule has 0 amide bonds. The lowest BCUT2D eigenvalue weighted by Crippen LogP contribution is -2.11. The molecule has 6 aromatic carbocycles. The minimum atomic E-state index is 0. The highest BCUT2D eigenvalue weighted by Crippen LogP contribution is 2.30. The van der Waals surface area contributed by atoms with Crippen molar-refractivity contribution >= 4 is 21.5 Å². The molecule has 0 spiro atoms. The maximum atomic E-state index is 2.29. The Morgan fingerprint density at radius 1 is 0.283 bits per heavy atom. The van der Waals surface area contributed by atoms with Gasteiger partial charge in [-0.05, 0) is 65.5 Å². The van der Waals surface area contributed by atoms with Crippen molar-refractivity contribution in [3.05, 3.63) is 168 Å². The fourth-order valence-electron chi connectivity index (χ4n) is 5.41. The van der Waals surface area contributed by atoms with Crippen molar-refractivity contribution in [3.8, 4) is 0 Å². The molecule has 0 aromatic heterocycles. The van der Waals surface area contributed by atoms with Crippen molar-refractivity contribution in [2.75, 3.05) is 0 Å². The molecule has 0 N–H and O–H groups in total. The first-order valence-electron chi connectivity index (χ1n) is 18.5. The highest BCUT2D eigenvalue weighted by molar-refractivity contribution is 5.86. The van der Waals surface area contributed by atoms with Crippen LogP contribution in [0.4, 0.5) is 0 Å². The summed E-state index contributed by atoms with van der Waals surface area (Å²) in [5.41, 5.74) is 6.67. The van der Waals surface area contributed by atoms with Crippen LogP contribution in [0, 0.1) is 0 Å². The highest BCUT2D eigenvalue weighted by atomic mass is 14.2. The zero-order valence-electron chi connectivity index (χ0n) is 33.9. The van der Waals surface area contributed by atoms with Gasteiger partial charge in [0.05, 0.1) is 0 Å². The summed E-state index contributed by atoms with van der Waals surface area (Å²) in [6, 6.07) is 51.4. The monoisotopic (exact) mass is 715 g/mol. The summed E-state index contributed by atoms with van der Waals surface area (Å²) >= 11 is 0. The molecule has 0 heterocycles. The highest BCUT2D eigenvalue weighted by Gasteiger charge is 2.16. The molecule has 0 heteroatoms. The lowest BCUT2D eigenvalue weighted by atomic mass is 9.84. The Balaban J connectivity index is 0. The van der Waals surface area contributed by atoms with Crippen LogP contribution in [0.1, 0.15) is 141 Å². The van der Waals surface area contributed by atoms with Crippen LogP contribution >= 0.6 is 0 Å². The van der Waals surface area contributed by atoms with Gasteiger partial charge in [-0.3, -0.25) is 0 Å². The molecular formula is C53H78. The quantitative estimate of drug-likeness (QED) is 0.147. The van der Waals surface area contributed by atoms with Crippen molar-refractivity contribution in [1.29, 1.82) is 0 Å². The molecule has 0 radical (unpaired) electrons. The first-order valence-corrected chi connectivity index (χ1v) is 18.5. The Morgan fingerprint density at radius 2 is 0.642 bits per heavy atom. The average molecular weight is 715 g/mol. The number of rotatable bonds is 0. The second-order valence-corrected chi connectivity index (χ2v) is 16.8. The SMILES string of the molecule is C.C.C.CC.CC(C)(C)c1ccc2ccccc2c1.CC(C)(C)c1cccc2ccccc12.CC(C)(C)c1ccccc1.CC(C)(C)c1ccccc1. The van der Waals surface area contributed by atoms with Crippen LogP contribution in [0.3, 0.4) is 0 Å². The molecule has 0 aliphatic heterocycles. The van der Waals surface area contributed by atoms with Gasteiger partial charge in [-0.15, -0.1) is 0 Å². The van der Waals surface area contributed by atoms with Gasteiger partial charge in [0, 0.05) is 0 Å². The van der Waals surface area contributed by atoms with E-state index in [2.05, 4.69) is 229 Å². The first kappa shape index (κ1) is 50.9. The van der Waals surface area contributed by atoms with E-state index < -0.39 is 0 Å². The molecule has 0 aliphatic rings. The summed E-state index contributed by atoms with van der Waals surface area (Å²) in [6.45, 7) is 30.9. The molecule has 0 saturated carbocycles. The molecule has 0 nitrogen and oxygen atoms in total. The zero-order chi connectivity index (χ0) is 37.6. The van der Waals surface area contributed by atoms with Crippen LogP contribution in [0.15, 0.2) is 146 Å². The van der Waals surface area contributed by atoms with Crippen molar-refractivity contribution in [3.63, 3.8) is 0 Å². The van der Waals surface area contributed by atoms with E-state index in [0.717, 1.165) is 0 Å². The lowest BCUT2D eigenvalue weighted by molar-refractivity contribution is 0.590. The van der Waals surface area contributed by atoms with E-state index in [1.807, 2.05) is 13.8 Å². The summed E-state index contributed by atoms with van der Waals surface area (Å²) in [6.07, 6.45) is 0. The van der Waals surface area contributed by atoms with Gasteiger partial charge in [0.15, 0.2) is 0 Å². The molecule has 0 saturated heterocycles. The summed E-state index contributed by atoms with van der Waals surface area (Å²) in [4.78, 5) is 0. The molecule has 0 aliphatic carbocycles. The van der Waals surface area contributed by atoms with Crippen LogP contribution in [0.25, 0.3) is 21.5 Å². The van der Waals surface area contributed by atoms with Gasteiger partial charge in [0.1, 0.15) is 0 Å². The Kier molecular flexibility index (Phi) is 21.9. The van der Waals surface area contributed by atoms with Gasteiger partial charge < -0.3 is 0 Å². The zero-order valence-corrected chi connectivity index (χ0v) is 33.9.